The van der Waals surface area contributed by atoms with Crippen LogP contribution in [-0.2, 0) is 0 Å². The lowest BCUT2D eigenvalue weighted by Gasteiger charge is -2.23. The van der Waals surface area contributed by atoms with E-state index in [1.807, 2.05) is 0 Å². The molecule has 1 nitrogen and oxygen atoms in total. The smallest absolute Gasteiger partial charge is 0.298 e. The zero-order chi connectivity index (χ0) is 10.1. The molecule has 0 bridgehead atoms. The summed E-state index contributed by atoms with van der Waals surface area (Å²) in [5.74, 6) is 0. The van der Waals surface area contributed by atoms with Crippen molar-refractivity contribution < 1.29 is 13.2 Å². The minimum Gasteiger partial charge on any atom is -0.298 e. The largest absolute Gasteiger partial charge is 0.401 e. The van der Waals surface area contributed by atoms with Crippen LogP contribution in [-0.4, -0.2) is 36.5 Å². The van der Waals surface area contributed by atoms with Crippen molar-refractivity contribution in [1.82, 2.24) is 4.90 Å². The summed E-state index contributed by atoms with van der Waals surface area (Å²) in [6.45, 7) is -0.264. The van der Waals surface area contributed by atoms with E-state index in [-0.39, 0.29) is 5.41 Å². The van der Waals surface area contributed by atoms with Gasteiger partial charge in [-0.2, -0.15) is 13.2 Å². The van der Waals surface area contributed by atoms with E-state index in [4.69, 9.17) is 0 Å². The van der Waals surface area contributed by atoms with Gasteiger partial charge in [0.15, 0.2) is 0 Å². The predicted octanol–water partition coefficient (Wildman–Crippen LogP) is 2.66. The van der Waals surface area contributed by atoms with E-state index >= 15 is 0 Å². The van der Waals surface area contributed by atoms with Crippen molar-refractivity contribution in [3.05, 3.63) is 0 Å². The van der Waals surface area contributed by atoms with Gasteiger partial charge in [0.05, 0.1) is 6.54 Å². The lowest BCUT2D eigenvalue weighted by molar-refractivity contribution is -0.144. The van der Waals surface area contributed by atoms with Crippen molar-refractivity contribution in [1.29, 1.82) is 0 Å². The molecule has 1 aliphatic rings. The zero-order valence-electron chi connectivity index (χ0n) is 7.49. The average Bonchev–Trinajstić information content (AvgIpc) is 2.65. The summed E-state index contributed by atoms with van der Waals surface area (Å²) in [7, 11) is 1.52. The number of hydrogen-bond acceptors (Lipinski definition) is 1. The fourth-order valence-electron chi connectivity index (χ4n) is 1.45. The summed E-state index contributed by atoms with van der Waals surface area (Å²) < 4.78 is 35.9. The topological polar surface area (TPSA) is 3.24 Å². The molecule has 1 fully saturated rings. The van der Waals surface area contributed by atoms with E-state index in [1.165, 1.54) is 11.9 Å². The molecule has 0 radical (unpaired) electrons. The van der Waals surface area contributed by atoms with Gasteiger partial charge in [0.1, 0.15) is 0 Å². The molecular weight excluding hydrogens is 247 g/mol. The fraction of sp³-hybridized carbons (Fsp3) is 1.00. The first-order valence-electron chi connectivity index (χ1n) is 4.18. The highest BCUT2D eigenvalue weighted by atomic mass is 79.9. The maximum atomic E-state index is 12.0. The molecule has 1 aliphatic carbocycles. The van der Waals surface area contributed by atoms with E-state index in [9.17, 15) is 13.2 Å². The lowest BCUT2D eigenvalue weighted by atomic mass is 10.1. The molecule has 0 aromatic carbocycles. The first kappa shape index (κ1) is 11.3. The predicted molar refractivity (Wildman–Crippen MR) is 49.0 cm³/mol. The quantitative estimate of drug-likeness (QED) is 0.702. The van der Waals surface area contributed by atoms with Crippen molar-refractivity contribution in [3.63, 3.8) is 0 Å². The SMILES string of the molecule is CN(CC(F)(F)F)CC1(CBr)CC1. The molecule has 5 heteroatoms. The second-order valence-electron chi connectivity index (χ2n) is 3.92. The molecule has 0 aromatic heterocycles. The van der Waals surface area contributed by atoms with Crippen LogP contribution < -0.4 is 0 Å². The van der Waals surface area contributed by atoms with Gasteiger partial charge in [-0.15, -0.1) is 0 Å². The van der Waals surface area contributed by atoms with E-state index < -0.39 is 12.7 Å². The molecule has 13 heavy (non-hydrogen) atoms. The van der Waals surface area contributed by atoms with Crippen LogP contribution in [0.1, 0.15) is 12.8 Å². The summed E-state index contributed by atoms with van der Waals surface area (Å²) >= 11 is 3.33. The van der Waals surface area contributed by atoms with Gasteiger partial charge in [-0.1, -0.05) is 15.9 Å². The number of halogens is 4. The number of hydrogen-bond donors (Lipinski definition) is 0. The third-order valence-electron chi connectivity index (χ3n) is 2.30. The van der Waals surface area contributed by atoms with Crippen molar-refractivity contribution in [2.45, 2.75) is 19.0 Å². The van der Waals surface area contributed by atoms with Gasteiger partial charge in [-0.25, -0.2) is 0 Å². The molecule has 0 heterocycles. The highest BCUT2D eigenvalue weighted by molar-refractivity contribution is 9.09. The second-order valence-corrected chi connectivity index (χ2v) is 4.48. The highest BCUT2D eigenvalue weighted by Crippen LogP contribution is 2.47. The molecule has 1 rings (SSSR count). The molecule has 0 unspecified atom stereocenters. The van der Waals surface area contributed by atoms with Crippen LogP contribution >= 0.6 is 15.9 Å². The Labute approximate surface area is 84.4 Å². The summed E-state index contributed by atoms with van der Waals surface area (Å²) in [5, 5.41) is 0.808. The highest BCUT2D eigenvalue weighted by Gasteiger charge is 2.43. The van der Waals surface area contributed by atoms with Crippen LogP contribution in [0.4, 0.5) is 13.2 Å². The van der Waals surface area contributed by atoms with Gasteiger partial charge >= 0.3 is 6.18 Å². The van der Waals surface area contributed by atoms with E-state index in [0.717, 1.165) is 18.2 Å². The molecule has 0 aliphatic heterocycles. The molecule has 1 saturated carbocycles. The Balaban J connectivity index is 2.29. The van der Waals surface area contributed by atoms with Crippen LogP contribution in [0, 0.1) is 5.41 Å². The fourth-order valence-corrected chi connectivity index (χ4v) is 2.18. The van der Waals surface area contributed by atoms with Gasteiger partial charge < -0.3 is 0 Å². The van der Waals surface area contributed by atoms with Crippen molar-refractivity contribution >= 4 is 15.9 Å². The Morgan fingerprint density at radius 2 is 1.92 bits per heavy atom. The minimum atomic E-state index is -4.07. The first-order chi connectivity index (χ1) is 5.87. The third kappa shape index (κ3) is 3.85. The zero-order valence-corrected chi connectivity index (χ0v) is 9.08. The average molecular weight is 260 g/mol. The molecule has 78 valence electrons. The summed E-state index contributed by atoms with van der Waals surface area (Å²) in [6, 6.07) is 0. The number of rotatable bonds is 4. The van der Waals surface area contributed by atoms with Crippen LogP contribution in [0.15, 0.2) is 0 Å². The maximum absolute atomic E-state index is 12.0. The van der Waals surface area contributed by atoms with Crippen molar-refractivity contribution in [2.24, 2.45) is 5.41 Å². The Hall–Kier alpha value is 0.230. The van der Waals surface area contributed by atoms with E-state index in [0.29, 0.717) is 6.54 Å². The van der Waals surface area contributed by atoms with Gasteiger partial charge in [0, 0.05) is 11.9 Å². The van der Waals surface area contributed by atoms with Crippen molar-refractivity contribution in [2.75, 3.05) is 25.5 Å². The monoisotopic (exact) mass is 259 g/mol. The van der Waals surface area contributed by atoms with E-state index in [1.54, 1.807) is 0 Å². The lowest BCUT2D eigenvalue weighted by Crippen LogP contribution is -2.35. The van der Waals surface area contributed by atoms with E-state index in [2.05, 4.69) is 15.9 Å². The summed E-state index contributed by atoms with van der Waals surface area (Å²) in [5.41, 5.74) is 0.125. The molecule has 0 saturated heterocycles. The summed E-state index contributed by atoms with van der Waals surface area (Å²) in [4.78, 5) is 1.36. The molecule has 0 spiro atoms. The molecule has 0 atom stereocenters. The normalized spacial score (nSPS) is 20.8. The molecule has 0 amide bonds. The van der Waals surface area contributed by atoms with Gasteiger partial charge in [-0.3, -0.25) is 4.90 Å². The maximum Gasteiger partial charge on any atom is 0.401 e. The van der Waals surface area contributed by atoms with Gasteiger partial charge in [-0.05, 0) is 25.3 Å². The third-order valence-corrected chi connectivity index (χ3v) is 3.48. The van der Waals surface area contributed by atoms with Gasteiger partial charge in [0.2, 0.25) is 0 Å². The van der Waals surface area contributed by atoms with Crippen molar-refractivity contribution in [3.8, 4) is 0 Å². The Kier molecular flexibility index (Phi) is 3.28. The minimum absolute atomic E-state index is 0.125. The molecule has 0 N–H and O–H groups in total. The van der Waals surface area contributed by atoms with Gasteiger partial charge in [0.25, 0.3) is 0 Å². The Morgan fingerprint density at radius 3 is 2.23 bits per heavy atom. The van der Waals surface area contributed by atoms with Crippen LogP contribution in [0.2, 0.25) is 0 Å². The summed E-state index contributed by atoms with van der Waals surface area (Å²) in [6.07, 6.45) is -1.99. The van der Waals surface area contributed by atoms with Crippen LogP contribution in [0.25, 0.3) is 0 Å². The second kappa shape index (κ2) is 3.77. The van der Waals surface area contributed by atoms with Crippen LogP contribution in [0.3, 0.4) is 0 Å². The number of alkyl halides is 4. The molecular formula is C8H13BrF3N. The van der Waals surface area contributed by atoms with Crippen LogP contribution in [0.5, 0.6) is 0 Å². The Bertz CT molecular complexity index is 177. The Morgan fingerprint density at radius 1 is 1.38 bits per heavy atom. The molecule has 0 aromatic rings. The first-order valence-corrected chi connectivity index (χ1v) is 5.30. The standard InChI is InChI=1S/C8H13BrF3N/c1-13(6-8(10,11)12)5-7(4-9)2-3-7/h2-6H2,1H3. The number of nitrogens with zero attached hydrogens (tertiary/aromatic N) is 1.